The largest absolute Gasteiger partial charge is 0.507 e. The van der Waals surface area contributed by atoms with Crippen LogP contribution in [0.4, 0.5) is 0 Å². The summed E-state index contributed by atoms with van der Waals surface area (Å²) in [6.07, 6.45) is 3.40. The van der Waals surface area contributed by atoms with Crippen molar-refractivity contribution in [2.24, 2.45) is 10.2 Å². The van der Waals surface area contributed by atoms with E-state index in [0.717, 1.165) is 5.56 Å². The van der Waals surface area contributed by atoms with Crippen molar-refractivity contribution in [3.05, 3.63) is 87.8 Å². The summed E-state index contributed by atoms with van der Waals surface area (Å²) in [6.45, 7) is 0.240. The fourth-order valence-electron chi connectivity index (χ4n) is 3.06. The Morgan fingerprint density at radius 2 is 2.00 bits per heavy atom. The Bertz CT molecular complexity index is 1150. The Hall–Kier alpha value is -2.74. The summed E-state index contributed by atoms with van der Waals surface area (Å²) in [7, 11) is 0. The van der Waals surface area contributed by atoms with Gasteiger partial charge in [0.1, 0.15) is 11.5 Å². The predicted molar refractivity (Wildman–Crippen MR) is 124 cm³/mol. The van der Waals surface area contributed by atoms with Gasteiger partial charge in [0.05, 0.1) is 24.3 Å². The standard InChI is InChI=1S/C22H17Cl2N3O3S/c23-16-7-8-18(24)15(10-16)11-20-21(29)27(13-17-5-3-9-30-17)22(31-20)26-25-12-14-4-1-2-6-19(14)28/h1-10,12,20,28H,11,13H2. The second-order valence-corrected chi connectivity index (χ2v) is 8.75. The van der Waals surface area contributed by atoms with E-state index in [1.807, 2.05) is 0 Å². The summed E-state index contributed by atoms with van der Waals surface area (Å²) < 4.78 is 5.40. The van der Waals surface area contributed by atoms with Crippen molar-refractivity contribution < 1.29 is 14.3 Å². The molecule has 4 rings (SSSR count). The van der Waals surface area contributed by atoms with Gasteiger partial charge in [0.2, 0.25) is 5.91 Å². The quantitative estimate of drug-likeness (QED) is 0.385. The van der Waals surface area contributed by atoms with Crippen LogP contribution in [0.25, 0.3) is 0 Å². The van der Waals surface area contributed by atoms with Gasteiger partial charge in [-0.2, -0.15) is 5.10 Å². The lowest BCUT2D eigenvalue weighted by molar-refractivity contribution is -0.126. The number of halogens is 2. The first kappa shape index (κ1) is 21.5. The van der Waals surface area contributed by atoms with Crippen LogP contribution in [0.3, 0.4) is 0 Å². The van der Waals surface area contributed by atoms with E-state index < -0.39 is 5.25 Å². The lowest BCUT2D eigenvalue weighted by Gasteiger charge is -2.14. The third kappa shape index (κ3) is 5.12. The summed E-state index contributed by atoms with van der Waals surface area (Å²) >= 11 is 13.7. The molecule has 1 saturated heterocycles. The molecular weight excluding hydrogens is 457 g/mol. The lowest BCUT2D eigenvalue weighted by Crippen LogP contribution is -2.32. The highest BCUT2D eigenvalue weighted by molar-refractivity contribution is 8.15. The van der Waals surface area contributed by atoms with Gasteiger partial charge in [-0.25, -0.2) is 0 Å². The molecule has 158 valence electrons. The van der Waals surface area contributed by atoms with Gasteiger partial charge in [-0.3, -0.25) is 9.69 Å². The average molecular weight is 474 g/mol. The molecule has 31 heavy (non-hydrogen) atoms. The van der Waals surface area contributed by atoms with Gasteiger partial charge in [-0.15, -0.1) is 5.10 Å². The maximum absolute atomic E-state index is 13.1. The minimum atomic E-state index is -0.426. The minimum absolute atomic E-state index is 0.0996. The number of carbonyl (C=O) groups is 1. The Balaban J connectivity index is 1.59. The average Bonchev–Trinajstić information content (AvgIpc) is 3.36. The molecule has 1 aliphatic rings. The van der Waals surface area contributed by atoms with Crippen LogP contribution in [-0.2, 0) is 17.8 Å². The van der Waals surface area contributed by atoms with E-state index in [9.17, 15) is 9.90 Å². The van der Waals surface area contributed by atoms with Crippen LogP contribution in [0.1, 0.15) is 16.9 Å². The molecule has 1 fully saturated rings. The number of hydrogen-bond donors (Lipinski definition) is 1. The number of thioether (sulfide) groups is 1. The number of nitrogens with zero attached hydrogens (tertiary/aromatic N) is 3. The van der Waals surface area contributed by atoms with Crippen molar-refractivity contribution >= 4 is 52.3 Å². The number of para-hydroxylation sites is 1. The number of amides is 1. The summed E-state index contributed by atoms with van der Waals surface area (Å²) in [5, 5.41) is 19.3. The summed E-state index contributed by atoms with van der Waals surface area (Å²) in [6, 6.07) is 15.5. The first-order valence-corrected chi connectivity index (χ1v) is 11.0. The van der Waals surface area contributed by atoms with Crippen LogP contribution in [0, 0.1) is 0 Å². The fraction of sp³-hybridized carbons (Fsp3) is 0.136. The van der Waals surface area contributed by atoms with E-state index in [1.54, 1.807) is 60.9 Å². The predicted octanol–water partition coefficient (Wildman–Crippen LogP) is 5.37. The number of phenolic OH excluding ortho intramolecular Hbond substituents is 1. The maximum Gasteiger partial charge on any atom is 0.242 e. The lowest BCUT2D eigenvalue weighted by atomic mass is 10.1. The molecule has 1 unspecified atom stereocenters. The molecular formula is C22H17Cl2N3O3S. The van der Waals surface area contributed by atoms with Crippen molar-refractivity contribution in [2.75, 3.05) is 0 Å². The smallest absolute Gasteiger partial charge is 0.242 e. The van der Waals surface area contributed by atoms with Gasteiger partial charge in [0.25, 0.3) is 0 Å². The highest BCUT2D eigenvalue weighted by Crippen LogP contribution is 2.33. The number of hydrogen-bond acceptors (Lipinski definition) is 6. The fourth-order valence-corrected chi connectivity index (χ4v) is 4.57. The van der Waals surface area contributed by atoms with Gasteiger partial charge in [-0.05, 0) is 54.4 Å². The molecule has 1 aliphatic heterocycles. The molecule has 1 amide bonds. The molecule has 9 heteroatoms. The highest BCUT2D eigenvalue weighted by atomic mass is 35.5. The zero-order chi connectivity index (χ0) is 21.8. The molecule has 2 heterocycles. The van der Waals surface area contributed by atoms with Crippen LogP contribution in [0.2, 0.25) is 10.0 Å². The molecule has 2 aromatic carbocycles. The monoisotopic (exact) mass is 473 g/mol. The SMILES string of the molecule is O=C1C(Cc2cc(Cl)ccc2Cl)SC(=NN=Cc2ccccc2O)N1Cc1ccco1. The Kier molecular flexibility index (Phi) is 6.65. The van der Waals surface area contributed by atoms with E-state index in [4.69, 9.17) is 27.6 Å². The minimum Gasteiger partial charge on any atom is -0.507 e. The van der Waals surface area contributed by atoms with Crippen molar-refractivity contribution in [3.63, 3.8) is 0 Å². The van der Waals surface area contributed by atoms with Crippen LogP contribution in [0.5, 0.6) is 5.75 Å². The summed E-state index contributed by atoms with van der Waals surface area (Å²) in [5.74, 6) is 0.615. The van der Waals surface area contributed by atoms with E-state index in [2.05, 4.69) is 10.2 Å². The molecule has 1 N–H and O–H groups in total. The summed E-state index contributed by atoms with van der Waals surface area (Å²) in [4.78, 5) is 14.7. The molecule has 0 spiro atoms. The highest BCUT2D eigenvalue weighted by Gasteiger charge is 2.39. The molecule has 0 radical (unpaired) electrons. The topological polar surface area (TPSA) is 78.4 Å². The Labute approximate surface area is 193 Å². The third-order valence-corrected chi connectivity index (χ3v) is 6.37. The van der Waals surface area contributed by atoms with Gasteiger partial charge in [0, 0.05) is 15.6 Å². The van der Waals surface area contributed by atoms with Crippen LogP contribution in [0.15, 0.2) is 75.5 Å². The van der Waals surface area contributed by atoms with E-state index >= 15 is 0 Å². The zero-order valence-corrected chi connectivity index (χ0v) is 18.4. The first-order chi connectivity index (χ1) is 15.0. The van der Waals surface area contributed by atoms with E-state index in [1.165, 1.54) is 22.9 Å². The number of benzene rings is 2. The van der Waals surface area contributed by atoms with Crippen LogP contribution in [-0.4, -0.2) is 32.5 Å². The molecule has 3 aromatic rings. The van der Waals surface area contributed by atoms with Crippen LogP contribution >= 0.6 is 35.0 Å². The van der Waals surface area contributed by atoms with Gasteiger partial charge in [-0.1, -0.05) is 47.1 Å². The number of aromatic hydroxyl groups is 1. The van der Waals surface area contributed by atoms with Crippen molar-refractivity contribution in [3.8, 4) is 5.75 Å². The number of amidine groups is 1. The van der Waals surface area contributed by atoms with E-state index in [0.29, 0.717) is 33.0 Å². The molecule has 6 nitrogen and oxygen atoms in total. The zero-order valence-electron chi connectivity index (χ0n) is 16.1. The Morgan fingerprint density at radius 1 is 1.16 bits per heavy atom. The molecule has 1 atom stereocenters. The summed E-state index contributed by atoms with van der Waals surface area (Å²) in [5.41, 5.74) is 1.32. The third-order valence-electron chi connectivity index (χ3n) is 4.60. The van der Waals surface area contributed by atoms with Crippen molar-refractivity contribution in [2.45, 2.75) is 18.2 Å². The number of furan rings is 1. The second-order valence-electron chi connectivity index (χ2n) is 6.74. The van der Waals surface area contributed by atoms with Crippen molar-refractivity contribution in [1.29, 1.82) is 0 Å². The van der Waals surface area contributed by atoms with E-state index in [-0.39, 0.29) is 18.2 Å². The number of phenols is 1. The van der Waals surface area contributed by atoms with Crippen molar-refractivity contribution in [1.82, 2.24) is 4.90 Å². The molecule has 1 aromatic heterocycles. The molecule has 0 aliphatic carbocycles. The van der Waals surface area contributed by atoms with Gasteiger partial charge < -0.3 is 9.52 Å². The normalized spacial score (nSPS) is 17.9. The van der Waals surface area contributed by atoms with Crippen LogP contribution < -0.4 is 0 Å². The Morgan fingerprint density at radius 3 is 2.77 bits per heavy atom. The van der Waals surface area contributed by atoms with Gasteiger partial charge >= 0.3 is 0 Å². The molecule has 0 bridgehead atoms. The molecule has 0 saturated carbocycles. The maximum atomic E-state index is 13.1. The second kappa shape index (κ2) is 9.60. The first-order valence-electron chi connectivity index (χ1n) is 9.34. The van der Waals surface area contributed by atoms with Gasteiger partial charge in [0.15, 0.2) is 5.17 Å². The number of rotatable bonds is 6. The number of carbonyl (C=O) groups excluding carboxylic acids is 1.